The summed E-state index contributed by atoms with van der Waals surface area (Å²) >= 11 is 1.09. The number of carboxylic acids is 1. The Balaban J connectivity index is 2.13. The summed E-state index contributed by atoms with van der Waals surface area (Å²) in [4.78, 5) is 11.3. The third-order valence-electron chi connectivity index (χ3n) is 2.74. The second-order valence-corrected chi connectivity index (χ2v) is 7.03. The van der Waals surface area contributed by atoms with Crippen molar-refractivity contribution in [2.45, 2.75) is 10.1 Å². The second kappa shape index (κ2) is 6.17. The van der Waals surface area contributed by atoms with E-state index in [0.717, 1.165) is 11.3 Å². The molecule has 0 radical (unpaired) electrons. The molecule has 0 amide bonds. The van der Waals surface area contributed by atoms with Crippen molar-refractivity contribution in [1.29, 1.82) is 0 Å². The lowest BCUT2D eigenvalue weighted by molar-refractivity contribution is -0.138. The zero-order chi connectivity index (χ0) is 14.6. The summed E-state index contributed by atoms with van der Waals surface area (Å²) in [5.74, 6) is -1.98. The number of thiophene rings is 1. The van der Waals surface area contributed by atoms with Gasteiger partial charge in [0.25, 0.3) is 0 Å². The molecule has 0 bridgehead atoms. The van der Waals surface area contributed by atoms with Crippen molar-refractivity contribution < 1.29 is 18.3 Å². The van der Waals surface area contributed by atoms with E-state index in [1.54, 1.807) is 41.8 Å². The minimum atomic E-state index is -3.65. The number of carbonyl (C=O) groups is 1. The van der Waals surface area contributed by atoms with Gasteiger partial charge in [0.2, 0.25) is 10.0 Å². The second-order valence-electron chi connectivity index (χ2n) is 4.09. The molecular weight excluding hydrogens is 298 g/mol. The number of hydrogen-bond acceptors (Lipinski definition) is 4. The van der Waals surface area contributed by atoms with Crippen LogP contribution in [0, 0.1) is 0 Å². The van der Waals surface area contributed by atoms with Crippen molar-refractivity contribution in [2.75, 3.05) is 6.54 Å². The molecule has 5 nitrogen and oxygen atoms in total. The first-order chi connectivity index (χ1) is 9.50. The zero-order valence-electron chi connectivity index (χ0n) is 10.4. The highest BCUT2D eigenvalue weighted by atomic mass is 32.2. The number of sulfonamides is 1. The van der Waals surface area contributed by atoms with Gasteiger partial charge < -0.3 is 5.11 Å². The summed E-state index contributed by atoms with van der Waals surface area (Å²) in [6.07, 6.45) is 0. The average Bonchev–Trinajstić information content (AvgIpc) is 2.94. The Morgan fingerprint density at radius 2 is 1.90 bits per heavy atom. The monoisotopic (exact) mass is 311 g/mol. The Morgan fingerprint density at radius 1 is 1.20 bits per heavy atom. The molecule has 7 heteroatoms. The minimum absolute atomic E-state index is 0.176. The number of hydrogen-bond donors (Lipinski definition) is 2. The minimum Gasteiger partial charge on any atom is -0.481 e. The first-order valence-corrected chi connectivity index (χ1v) is 8.18. The van der Waals surface area contributed by atoms with E-state index < -0.39 is 21.9 Å². The maximum Gasteiger partial charge on any atom is 0.312 e. The molecule has 0 aliphatic heterocycles. The van der Waals surface area contributed by atoms with Gasteiger partial charge in [0.15, 0.2) is 0 Å². The van der Waals surface area contributed by atoms with Gasteiger partial charge in [-0.15, -0.1) is 11.3 Å². The van der Waals surface area contributed by atoms with E-state index >= 15 is 0 Å². The first kappa shape index (κ1) is 14.7. The van der Waals surface area contributed by atoms with Crippen molar-refractivity contribution in [2.24, 2.45) is 0 Å². The van der Waals surface area contributed by atoms with E-state index in [1.807, 2.05) is 0 Å². The number of nitrogens with one attached hydrogen (secondary N) is 1. The molecule has 2 rings (SSSR count). The highest BCUT2D eigenvalue weighted by molar-refractivity contribution is 7.91. The van der Waals surface area contributed by atoms with Crippen LogP contribution < -0.4 is 4.72 Å². The van der Waals surface area contributed by atoms with Crippen LogP contribution >= 0.6 is 11.3 Å². The summed E-state index contributed by atoms with van der Waals surface area (Å²) in [7, 11) is -3.65. The number of carboxylic acid groups (broad SMARTS) is 1. The fraction of sp³-hybridized carbons (Fsp3) is 0.154. The van der Waals surface area contributed by atoms with Crippen LogP contribution in [-0.2, 0) is 14.8 Å². The van der Waals surface area contributed by atoms with Crippen LogP contribution in [0.5, 0.6) is 0 Å². The molecular formula is C13H13NO4S2. The molecule has 0 spiro atoms. The topological polar surface area (TPSA) is 83.5 Å². The van der Waals surface area contributed by atoms with E-state index in [2.05, 4.69) is 4.72 Å². The summed E-state index contributed by atoms with van der Waals surface area (Å²) in [6.45, 7) is -0.181. The predicted molar refractivity (Wildman–Crippen MR) is 76.3 cm³/mol. The van der Waals surface area contributed by atoms with Crippen LogP contribution in [0.3, 0.4) is 0 Å². The van der Waals surface area contributed by atoms with Gasteiger partial charge in [0, 0.05) is 6.54 Å². The van der Waals surface area contributed by atoms with Gasteiger partial charge in [-0.1, -0.05) is 36.4 Å². The molecule has 2 aromatic rings. The highest BCUT2D eigenvalue weighted by Crippen LogP contribution is 2.18. The molecule has 1 aromatic carbocycles. The van der Waals surface area contributed by atoms with Crippen LogP contribution in [0.4, 0.5) is 0 Å². The molecule has 0 aliphatic rings. The number of benzene rings is 1. The van der Waals surface area contributed by atoms with Gasteiger partial charge in [0.1, 0.15) is 4.21 Å². The van der Waals surface area contributed by atoms with Gasteiger partial charge in [-0.3, -0.25) is 4.79 Å². The lowest BCUT2D eigenvalue weighted by atomic mass is 10.00. The molecule has 0 fully saturated rings. The summed E-state index contributed by atoms with van der Waals surface area (Å²) < 4.78 is 26.4. The zero-order valence-corrected chi connectivity index (χ0v) is 12.0. The quantitative estimate of drug-likeness (QED) is 0.853. The predicted octanol–water partition coefficient (Wildman–Crippen LogP) is 1.89. The maximum absolute atomic E-state index is 12.0. The van der Waals surface area contributed by atoms with Crippen LogP contribution in [-0.4, -0.2) is 26.0 Å². The van der Waals surface area contributed by atoms with Gasteiger partial charge in [-0.2, -0.15) is 0 Å². The molecule has 2 N–H and O–H groups in total. The largest absolute Gasteiger partial charge is 0.481 e. The Kier molecular flexibility index (Phi) is 4.53. The molecule has 106 valence electrons. The highest BCUT2D eigenvalue weighted by Gasteiger charge is 2.23. The molecule has 1 heterocycles. The Hall–Kier alpha value is -1.70. The third-order valence-corrected chi connectivity index (χ3v) is 5.56. The molecule has 0 saturated heterocycles. The Morgan fingerprint density at radius 3 is 2.45 bits per heavy atom. The Bertz CT molecular complexity index is 666. The van der Waals surface area contributed by atoms with Crippen LogP contribution in [0.15, 0.2) is 52.1 Å². The van der Waals surface area contributed by atoms with Crippen molar-refractivity contribution in [3.05, 3.63) is 53.4 Å². The van der Waals surface area contributed by atoms with E-state index in [9.17, 15) is 18.3 Å². The standard InChI is InChI=1S/C13H13NO4S2/c15-13(16)11(10-5-2-1-3-6-10)9-14-20(17,18)12-7-4-8-19-12/h1-8,11,14H,9H2,(H,15,16). The fourth-order valence-electron chi connectivity index (χ4n) is 1.71. The Labute approximate surface area is 120 Å². The van der Waals surface area contributed by atoms with Crippen LogP contribution in [0.1, 0.15) is 11.5 Å². The molecule has 1 unspecified atom stereocenters. The normalized spacial score (nSPS) is 13.0. The summed E-state index contributed by atoms with van der Waals surface area (Å²) in [5, 5.41) is 10.9. The van der Waals surface area contributed by atoms with E-state index in [0.29, 0.717) is 5.56 Å². The van der Waals surface area contributed by atoms with Crippen molar-refractivity contribution >= 4 is 27.3 Å². The van der Waals surface area contributed by atoms with Gasteiger partial charge in [-0.25, -0.2) is 13.1 Å². The van der Waals surface area contributed by atoms with E-state index in [-0.39, 0.29) is 10.8 Å². The van der Waals surface area contributed by atoms with Gasteiger partial charge in [-0.05, 0) is 17.0 Å². The van der Waals surface area contributed by atoms with Gasteiger partial charge >= 0.3 is 5.97 Å². The molecule has 1 atom stereocenters. The van der Waals surface area contributed by atoms with Crippen molar-refractivity contribution in [3.63, 3.8) is 0 Å². The first-order valence-electron chi connectivity index (χ1n) is 5.81. The van der Waals surface area contributed by atoms with Gasteiger partial charge in [0.05, 0.1) is 5.92 Å². The summed E-state index contributed by atoms with van der Waals surface area (Å²) in [5.41, 5.74) is 0.564. The smallest absolute Gasteiger partial charge is 0.312 e. The molecule has 0 aliphatic carbocycles. The molecule has 20 heavy (non-hydrogen) atoms. The van der Waals surface area contributed by atoms with E-state index in [4.69, 9.17) is 0 Å². The van der Waals surface area contributed by atoms with Crippen LogP contribution in [0.25, 0.3) is 0 Å². The number of aliphatic carboxylic acids is 1. The van der Waals surface area contributed by atoms with Crippen LogP contribution in [0.2, 0.25) is 0 Å². The van der Waals surface area contributed by atoms with Crippen molar-refractivity contribution in [3.8, 4) is 0 Å². The maximum atomic E-state index is 12.0. The average molecular weight is 311 g/mol. The third kappa shape index (κ3) is 3.44. The SMILES string of the molecule is O=C(O)C(CNS(=O)(=O)c1cccs1)c1ccccc1. The molecule has 0 saturated carbocycles. The molecule has 1 aromatic heterocycles. The van der Waals surface area contributed by atoms with Crippen molar-refractivity contribution in [1.82, 2.24) is 4.72 Å². The number of rotatable bonds is 6. The summed E-state index contributed by atoms with van der Waals surface area (Å²) in [6, 6.07) is 11.7. The van der Waals surface area contributed by atoms with E-state index in [1.165, 1.54) is 6.07 Å². The fourth-order valence-corrected chi connectivity index (χ4v) is 3.80. The lowest BCUT2D eigenvalue weighted by Gasteiger charge is -2.13. The lowest BCUT2D eigenvalue weighted by Crippen LogP contribution is -2.31.